The number of unbranched alkanes of at least 4 members (excludes halogenated alkanes) is 4. The molecule has 2 heteroatoms. The van der Waals surface area contributed by atoms with Crippen molar-refractivity contribution in [2.45, 2.75) is 52.4 Å². The summed E-state index contributed by atoms with van der Waals surface area (Å²) in [4.78, 5) is 4.01. The fourth-order valence-electron chi connectivity index (χ4n) is 2.07. The van der Waals surface area contributed by atoms with E-state index >= 15 is 0 Å². The molecule has 0 aromatic rings. The predicted octanol–water partition coefficient (Wildman–Crippen LogP) is 4.86. The minimum atomic E-state index is 1.12. The molecule has 0 fully saturated rings. The maximum Gasteiger partial charge on any atom is 0.0180 e. The number of thioether (sulfide) groups is 1. The highest BCUT2D eigenvalue weighted by Gasteiger charge is 2.05. The fraction of sp³-hybridized carbons (Fsp3) is 0.750. The van der Waals surface area contributed by atoms with Crippen LogP contribution in [0, 0.1) is 0 Å². The molecule has 0 atom stereocenters. The second kappa shape index (κ2) is 10.7. The summed E-state index contributed by atoms with van der Waals surface area (Å²) in [6.45, 7) is 8.03. The summed E-state index contributed by atoms with van der Waals surface area (Å²) in [5, 5.41) is 0. The first-order valence-electron chi connectivity index (χ1n) is 7.58. The molecule has 0 saturated carbocycles. The molecular formula is C16H29NS. The molecule has 1 aliphatic heterocycles. The molecule has 0 N–H and O–H groups in total. The summed E-state index contributed by atoms with van der Waals surface area (Å²) >= 11 is 2.03. The maximum atomic E-state index is 2.53. The lowest BCUT2D eigenvalue weighted by molar-refractivity contribution is 0.330. The van der Waals surface area contributed by atoms with Gasteiger partial charge in [-0.05, 0) is 25.1 Å². The van der Waals surface area contributed by atoms with Crippen molar-refractivity contribution < 1.29 is 0 Å². The molecule has 1 heterocycles. The van der Waals surface area contributed by atoms with E-state index in [-0.39, 0.29) is 0 Å². The molecule has 18 heavy (non-hydrogen) atoms. The van der Waals surface area contributed by atoms with Crippen LogP contribution in [-0.4, -0.2) is 30.3 Å². The predicted molar refractivity (Wildman–Crippen MR) is 85.2 cm³/mol. The minimum Gasteiger partial charge on any atom is -0.296 e. The monoisotopic (exact) mass is 267 g/mol. The van der Waals surface area contributed by atoms with Gasteiger partial charge in [-0.1, -0.05) is 57.8 Å². The second-order valence-corrected chi connectivity index (χ2v) is 6.20. The number of rotatable bonds is 9. The average molecular weight is 267 g/mol. The van der Waals surface area contributed by atoms with E-state index in [0.717, 1.165) is 13.1 Å². The Morgan fingerprint density at radius 2 is 1.89 bits per heavy atom. The molecule has 0 spiro atoms. The minimum absolute atomic E-state index is 1.12. The van der Waals surface area contributed by atoms with Crippen molar-refractivity contribution in [3.8, 4) is 0 Å². The Bertz CT molecular complexity index is 258. The first-order valence-corrected chi connectivity index (χ1v) is 8.57. The molecule has 1 aliphatic rings. The Hall–Kier alpha value is -0.210. The zero-order chi connectivity index (χ0) is 13.1. The summed E-state index contributed by atoms with van der Waals surface area (Å²) in [6.07, 6.45) is 15.1. The topological polar surface area (TPSA) is 3.24 Å². The maximum absolute atomic E-state index is 2.53. The van der Waals surface area contributed by atoms with Crippen LogP contribution in [0.3, 0.4) is 0 Å². The van der Waals surface area contributed by atoms with Crippen LogP contribution in [0.25, 0.3) is 0 Å². The highest BCUT2D eigenvalue weighted by molar-refractivity contribution is 8.03. The van der Waals surface area contributed by atoms with E-state index in [0.29, 0.717) is 0 Å². The molecule has 1 nitrogen and oxygen atoms in total. The van der Waals surface area contributed by atoms with Crippen LogP contribution in [0.5, 0.6) is 0 Å². The zero-order valence-corrected chi connectivity index (χ0v) is 13.0. The smallest absolute Gasteiger partial charge is 0.0180 e. The summed E-state index contributed by atoms with van der Waals surface area (Å²) < 4.78 is 0. The van der Waals surface area contributed by atoms with Gasteiger partial charge in [-0.25, -0.2) is 0 Å². The van der Waals surface area contributed by atoms with Gasteiger partial charge >= 0.3 is 0 Å². The van der Waals surface area contributed by atoms with Crippen LogP contribution >= 0.6 is 11.8 Å². The number of hydrogen-bond donors (Lipinski definition) is 0. The van der Waals surface area contributed by atoms with Gasteiger partial charge in [-0.2, -0.15) is 0 Å². The Morgan fingerprint density at radius 1 is 1.06 bits per heavy atom. The third-order valence-electron chi connectivity index (χ3n) is 3.29. The third-order valence-corrected chi connectivity index (χ3v) is 4.42. The number of allylic oxidation sites excluding steroid dienone is 1. The fourth-order valence-corrected chi connectivity index (χ4v) is 3.04. The van der Waals surface area contributed by atoms with Crippen LogP contribution in [-0.2, 0) is 0 Å². The van der Waals surface area contributed by atoms with Gasteiger partial charge in [0.05, 0.1) is 0 Å². The number of nitrogens with zero attached hydrogens (tertiary/aromatic N) is 1. The van der Waals surface area contributed by atoms with Crippen molar-refractivity contribution in [1.29, 1.82) is 0 Å². The van der Waals surface area contributed by atoms with E-state index in [4.69, 9.17) is 0 Å². The lowest BCUT2D eigenvalue weighted by atomic mass is 10.2. The van der Waals surface area contributed by atoms with Gasteiger partial charge in [-0.15, -0.1) is 11.8 Å². The van der Waals surface area contributed by atoms with Crippen molar-refractivity contribution in [3.05, 3.63) is 23.1 Å². The second-order valence-electron chi connectivity index (χ2n) is 5.03. The van der Waals surface area contributed by atoms with E-state index in [1.54, 1.807) is 0 Å². The molecule has 1 rings (SSSR count). The highest BCUT2D eigenvalue weighted by Crippen LogP contribution is 2.21. The number of hydrogen-bond acceptors (Lipinski definition) is 2. The zero-order valence-electron chi connectivity index (χ0n) is 12.2. The third kappa shape index (κ3) is 7.27. The summed E-state index contributed by atoms with van der Waals surface area (Å²) in [5.74, 6) is 1.28. The van der Waals surface area contributed by atoms with E-state index in [1.165, 1.54) is 55.7 Å². The molecule has 0 aromatic heterocycles. The molecule has 0 amide bonds. The van der Waals surface area contributed by atoms with Crippen molar-refractivity contribution in [2.75, 3.05) is 25.4 Å². The average Bonchev–Trinajstić information content (AvgIpc) is 2.61. The first kappa shape index (κ1) is 15.8. The SMILES string of the molecule is CCCCCCSC1=CCN(CCCC)CC=C1. The lowest BCUT2D eigenvalue weighted by Gasteiger charge is -2.17. The van der Waals surface area contributed by atoms with Crippen LogP contribution in [0.1, 0.15) is 52.4 Å². The van der Waals surface area contributed by atoms with Crippen molar-refractivity contribution in [2.24, 2.45) is 0 Å². The van der Waals surface area contributed by atoms with Crippen LogP contribution in [0.15, 0.2) is 23.1 Å². The molecule has 0 saturated heterocycles. The molecule has 104 valence electrons. The van der Waals surface area contributed by atoms with Gasteiger partial charge in [0.25, 0.3) is 0 Å². The molecular weight excluding hydrogens is 238 g/mol. The summed E-state index contributed by atoms with van der Waals surface area (Å²) in [7, 11) is 0. The molecule has 0 unspecified atom stereocenters. The molecule has 0 bridgehead atoms. The lowest BCUT2D eigenvalue weighted by Crippen LogP contribution is -2.24. The Labute approximate surface area is 118 Å². The van der Waals surface area contributed by atoms with Gasteiger partial charge in [0.2, 0.25) is 0 Å². The largest absolute Gasteiger partial charge is 0.296 e. The van der Waals surface area contributed by atoms with Crippen molar-refractivity contribution in [1.82, 2.24) is 4.90 Å². The normalized spacial score (nSPS) is 16.7. The Kier molecular flexibility index (Phi) is 9.41. The summed E-state index contributed by atoms with van der Waals surface area (Å²) in [5.41, 5.74) is 0. The van der Waals surface area contributed by atoms with E-state index in [2.05, 4.69) is 37.0 Å². The Balaban J connectivity index is 2.19. The van der Waals surface area contributed by atoms with Gasteiger partial charge in [0.15, 0.2) is 0 Å². The standard InChI is InChI=1S/C16H29NS/c1-3-5-7-8-15-18-16-10-9-13-17(14-11-16)12-6-4-2/h9-11H,3-8,12-15H2,1-2H3. The molecule has 0 aliphatic carbocycles. The van der Waals surface area contributed by atoms with Gasteiger partial charge in [0, 0.05) is 18.0 Å². The first-order chi connectivity index (χ1) is 8.86. The van der Waals surface area contributed by atoms with Crippen molar-refractivity contribution in [3.63, 3.8) is 0 Å². The molecule has 0 aromatic carbocycles. The van der Waals surface area contributed by atoms with Crippen LogP contribution in [0.2, 0.25) is 0 Å². The van der Waals surface area contributed by atoms with Gasteiger partial charge in [0.1, 0.15) is 0 Å². The Morgan fingerprint density at radius 3 is 2.67 bits per heavy atom. The summed E-state index contributed by atoms with van der Waals surface area (Å²) in [6, 6.07) is 0. The van der Waals surface area contributed by atoms with Crippen molar-refractivity contribution >= 4 is 11.8 Å². The van der Waals surface area contributed by atoms with Crippen LogP contribution in [0.4, 0.5) is 0 Å². The molecule has 0 radical (unpaired) electrons. The van der Waals surface area contributed by atoms with Gasteiger partial charge in [-0.3, -0.25) is 4.90 Å². The van der Waals surface area contributed by atoms with Crippen LogP contribution < -0.4 is 0 Å². The van der Waals surface area contributed by atoms with E-state index in [1.807, 2.05) is 11.8 Å². The van der Waals surface area contributed by atoms with E-state index in [9.17, 15) is 0 Å². The van der Waals surface area contributed by atoms with E-state index < -0.39 is 0 Å². The van der Waals surface area contributed by atoms with Gasteiger partial charge < -0.3 is 0 Å². The quantitative estimate of drug-likeness (QED) is 0.549. The highest BCUT2D eigenvalue weighted by atomic mass is 32.2.